The van der Waals surface area contributed by atoms with Crippen molar-refractivity contribution in [1.82, 2.24) is 10.9 Å². The minimum absolute atomic E-state index is 0.199. The minimum atomic E-state index is -0.309. The Labute approximate surface area is 125 Å². The highest BCUT2D eigenvalue weighted by Gasteiger charge is 2.08. The van der Waals surface area contributed by atoms with Crippen LogP contribution in [-0.4, -0.2) is 17.6 Å². The van der Waals surface area contributed by atoms with Crippen LogP contribution in [0.1, 0.15) is 6.92 Å². The highest BCUT2D eigenvalue weighted by atomic mass is 35.5. The number of hydrazine groups is 1. The van der Waals surface area contributed by atoms with E-state index in [1.807, 2.05) is 36.4 Å². The molecule has 0 spiro atoms. The molecule has 0 heterocycles. The van der Waals surface area contributed by atoms with Gasteiger partial charge in [0.2, 0.25) is 11.8 Å². The van der Waals surface area contributed by atoms with Gasteiger partial charge in [0.05, 0.1) is 5.75 Å². The van der Waals surface area contributed by atoms with Gasteiger partial charge in [0.25, 0.3) is 0 Å². The molecule has 2 N–H and O–H groups in total. The summed E-state index contributed by atoms with van der Waals surface area (Å²) in [6.07, 6.45) is 0. The summed E-state index contributed by atoms with van der Waals surface area (Å²) in [7, 11) is 0. The van der Waals surface area contributed by atoms with Crippen LogP contribution in [0.4, 0.5) is 0 Å². The van der Waals surface area contributed by atoms with E-state index < -0.39 is 0 Å². The van der Waals surface area contributed by atoms with Gasteiger partial charge in [0.15, 0.2) is 0 Å². The van der Waals surface area contributed by atoms with Crippen molar-refractivity contribution in [2.24, 2.45) is 0 Å². The number of hydrogen-bond acceptors (Lipinski definition) is 3. The van der Waals surface area contributed by atoms with Crippen molar-refractivity contribution in [3.05, 3.63) is 41.4 Å². The van der Waals surface area contributed by atoms with Gasteiger partial charge in [-0.2, -0.15) is 0 Å². The smallest absolute Gasteiger partial charge is 0.248 e. The van der Waals surface area contributed by atoms with Crippen LogP contribution >= 0.6 is 23.4 Å². The number of thioether (sulfide) groups is 1. The first-order valence-electron chi connectivity index (χ1n) is 5.93. The molecule has 0 aliphatic heterocycles. The molecular weight excluding hydrogens is 296 g/mol. The molecule has 2 amide bonds. The van der Waals surface area contributed by atoms with Gasteiger partial charge >= 0.3 is 0 Å². The minimum Gasteiger partial charge on any atom is -0.274 e. The molecule has 2 aromatic carbocycles. The fourth-order valence-corrected chi connectivity index (χ4v) is 2.96. The molecule has 0 fully saturated rings. The lowest BCUT2D eigenvalue weighted by Gasteiger charge is -2.08. The molecule has 0 atom stereocenters. The first-order valence-corrected chi connectivity index (χ1v) is 7.30. The maximum Gasteiger partial charge on any atom is 0.248 e. The van der Waals surface area contributed by atoms with E-state index >= 15 is 0 Å². The van der Waals surface area contributed by atoms with E-state index in [-0.39, 0.29) is 17.6 Å². The van der Waals surface area contributed by atoms with Crippen molar-refractivity contribution >= 4 is 45.9 Å². The van der Waals surface area contributed by atoms with Crippen LogP contribution in [0, 0.1) is 0 Å². The Hall–Kier alpha value is -1.72. The van der Waals surface area contributed by atoms with Crippen molar-refractivity contribution in [2.45, 2.75) is 11.8 Å². The first kappa shape index (κ1) is 14.7. The van der Waals surface area contributed by atoms with Gasteiger partial charge < -0.3 is 0 Å². The fourth-order valence-electron chi connectivity index (χ4n) is 1.72. The van der Waals surface area contributed by atoms with E-state index in [4.69, 9.17) is 11.6 Å². The SMILES string of the molecule is CC(=O)NNC(=O)CSc1cccc2cccc(Cl)c12. The summed E-state index contributed by atoms with van der Waals surface area (Å²) in [6.45, 7) is 1.33. The monoisotopic (exact) mass is 308 g/mol. The van der Waals surface area contributed by atoms with Crippen LogP contribution in [-0.2, 0) is 9.59 Å². The Morgan fingerprint density at radius 1 is 1.15 bits per heavy atom. The zero-order valence-corrected chi connectivity index (χ0v) is 12.3. The molecular formula is C14H13ClN2O2S. The summed E-state index contributed by atoms with van der Waals surface area (Å²) in [5, 5.41) is 2.63. The second kappa shape index (κ2) is 6.63. The molecule has 6 heteroatoms. The number of rotatable bonds is 3. The standard InChI is InChI=1S/C14H13ClN2O2S/c1-9(18)16-17-13(19)8-20-12-7-3-5-10-4-2-6-11(15)14(10)12/h2-7H,8H2,1H3,(H,16,18)(H,17,19). The maximum absolute atomic E-state index is 11.6. The zero-order valence-electron chi connectivity index (χ0n) is 10.8. The summed E-state index contributed by atoms with van der Waals surface area (Å²) in [5.41, 5.74) is 4.57. The quantitative estimate of drug-likeness (QED) is 0.677. The second-order valence-corrected chi connectivity index (χ2v) is 5.54. The summed E-state index contributed by atoms with van der Waals surface area (Å²) in [4.78, 5) is 23.2. The van der Waals surface area contributed by atoms with Gasteiger partial charge in [-0.15, -0.1) is 11.8 Å². The molecule has 0 aliphatic carbocycles. The van der Waals surface area contributed by atoms with Crippen LogP contribution in [0.15, 0.2) is 41.3 Å². The third-order valence-electron chi connectivity index (χ3n) is 2.55. The molecule has 0 unspecified atom stereocenters. The van der Waals surface area contributed by atoms with Crippen molar-refractivity contribution in [3.63, 3.8) is 0 Å². The topological polar surface area (TPSA) is 58.2 Å². The van der Waals surface area contributed by atoms with Crippen molar-refractivity contribution in [1.29, 1.82) is 0 Å². The van der Waals surface area contributed by atoms with E-state index in [1.54, 1.807) is 0 Å². The second-order valence-electron chi connectivity index (χ2n) is 4.11. The number of amides is 2. The average molecular weight is 309 g/mol. The number of benzene rings is 2. The molecule has 0 saturated carbocycles. The Morgan fingerprint density at radius 2 is 1.85 bits per heavy atom. The van der Waals surface area contributed by atoms with E-state index in [1.165, 1.54) is 18.7 Å². The third kappa shape index (κ3) is 3.65. The lowest BCUT2D eigenvalue weighted by molar-refractivity contribution is -0.126. The van der Waals surface area contributed by atoms with Gasteiger partial charge in [-0.25, -0.2) is 0 Å². The number of fused-ring (bicyclic) bond motifs is 1. The Bertz CT molecular complexity index is 655. The van der Waals surface area contributed by atoms with Crippen LogP contribution < -0.4 is 10.9 Å². The molecule has 0 radical (unpaired) electrons. The number of hydrogen-bond donors (Lipinski definition) is 2. The average Bonchev–Trinajstić information content (AvgIpc) is 2.43. The van der Waals surface area contributed by atoms with Gasteiger partial charge in [-0.3, -0.25) is 20.4 Å². The predicted molar refractivity (Wildman–Crippen MR) is 81.6 cm³/mol. The van der Waals surface area contributed by atoms with E-state index in [2.05, 4.69) is 10.9 Å². The molecule has 0 aliphatic rings. The van der Waals surface area contributed by atoms with Crippen molar-refractivity contribution < 1.29 is 9.59 Å². The summed E-state index contributed by atoms with van der Waals surface area (Å²) >= 11 is 7.59. The maximum atomic E-state index is 11.6. The molecule has 0 saturated heterocycles. The normalized spacial score (nSPS) is 10.3. The van der Waals surface area contributed by atoms with E-state index in [9.17, 15) is 9.59 Å². The van der Waals surface area contributed by atoms with Crippen LogP contribution in [0.5, 0.6) is 0 Å². The van der Waals surface area contributed by atoms with Gasteiger partial charge in [-0.1, -0.05) is 35.9 Å². The van der Waals surface area contributed by atoms with Gasteiger partial charge in [0.1, 0.15) is 0 Å². The van der Waals surface area contributed by atoms with Gasteiger partial charge in [-0.05, 0) is 17.5 Å². The Balaban J connectivity index is 2.10. The van der Waals surface area contributed by atoms with Gasteiger partial charge in [0, 0.05) is 22.2 Å². The summed E-state index contributed by atoms with van der Waals surface area (Å²) in [6, 6.07) is 11.5. The van der Waals surface area contributed by atoms with Crippen molar-refractivity contribution in [3.8, 4) is 0 Å². The molecule has 2 aromatic rings. The number of nitrogens with one attached hydrogen (secondary N) is 2. The third-order valence-corrected chi connectivity index (χ3v) is 3.93. The molecule has 4 nitrogen and oxygen atoms in total. The first-order chi connectivity index (χ1) is 9.58. The van der Waals surface area contributed by atoms with Crippen LogP contribution in [0.2, 0.25) is 5.02 Å². The highest BCUT2D eigenvalue weighted by molar-refractivity contribution is 8.00. The highest BCUT2D eigenvalue weighted by Crippen LogP contribution is 2.32. The number of carbonyl (C=O) groups is 2. The van der Waals surface area contributed by atoms with E-state index in [0.717, 1.165) is 15.7 Å². The van der Waals surface area contributed by atoms with E-state index in [0.29, 0.717) is 5.02 Å². The molecule has 0 bridgehead atoms. The zero-order chi connectivity index (χ0) is 14.5. The number of halogens is 1. The molecule has 104 valence electrons. The Morgan fingerprint density at radius 3 is 2.55 bits per heavy atom. The molecule has 0 aromatic heterocycles. The van der Waals surface area contributed by atoms with Crippen molar-refractivity contribution in [2.75, 3.05) is 5.75 Å². The fraction of sp³-hybridized carbons (Fsp3) is 0.143. The summed E-state index contributed by atoms with van der Waals surface area (Å²) < 4.78 is 0. The van der Waals surface area contributed by atoms with Crippen LogP contribution in [0.3, 0.4) is 0 Å². The lowest BCUT2D eigenvalue weighted by Crippen LogP contribution is -2.41. The largest absolute Gasteiger partial charge is 0.274 e. The number of carbonyl (C=O) groups excluding carboxylic acids is 2. The molecule has 20 heavy (non-hydrogen) atoms. The molecule has 2 rings (SSSR count). The predicted octanol–water partition coefficient (Wildman–Crippen LogP) is 2.75. The lowest BCUT2D eigenvalue weighted by atomic mass is 10.1. The van der Waals surface area contributed by atoms with Crippen LogP contribution in [0.25, 0.3) is 10.8 Å². The Kier molecular flexibility index (Phi) is 4.87. The summed E-state index contributed by atoms with van der Waals surface area (Å²) in [5.74, 6) is -0.379.